The molecule has 0 unspecified atom stereocenters. The van der Waals surface area contributed by atoms with E-state index in [9.17, 15) is 0 Å². The summed E-state index contributed by atoms with van der Waals surface area (Å²) in [5.74, 6) is 1.66. The Bertz CT molecular complexity index is 293. The van der Waals surface area contributed by atoms with Gasteiger partial charge in [0.2, 0.25) is 0 Å². The Hall–Kier alpha value is -0.0800. The van der Waals surface area contributed by atoms with Gasteiger partial charge in [0.05, 0.1) is 6.10 Å². The zero-order valence-corrected chi connectivity index (χ0v) is 17.0. The minimum atomic E-state index is 0. The van der Waals surface area contributed by atoms with E-state index in [4.69, 9.17) is 14.5 Å². The zero-order chi connectivity index (χ0) is 15.5. The van der Waals surface area contributed by atoms with Crippen LogP contribution in [0.15, 0.2) is 4.99 Å². The number of nitrogens with one attached hydrogen (secondary N) is 1. The molecule has 0 aromatic heterocycles. The average molecular weight is 427 g/mol. The number of piperidine rings is 1. The molecule has 0 aromatic carbocycles. The van der Waals surface area contributed by atoms with Crippen LogP contribution in [-0.2, 0) is 9.47 Å². The van der Waals surface area contributed by atoms with Gasteiger partial charge in [-0.2, -0.15) is 0 Å². The first kappa shape index (κ1) is 21.9. The topological polar surface area (TPSA) is 46.1 Å². The van der Waals surface area contributed by atoms with Gasteiger partial charge in [0.25, 0.3) is 0 Å². The van der Waals surface area contributed by atoms with Crippen LogP contribution in [0.5, 0.6) is 0 Å². The molecule has 132 valence electrons. The Morgan fingerprint density at radius 1 is 1.27 bits per heavy atom. The van der Waals surface area contributed by atoms with Crippen molar-refractivity contribution in [1.82, 2.24) is 10.2 Å². The number of nitrogens with zero attached hydrogens (tertiary/aromatic N) is 2. The quantitative estimate of drug-likeness (QED) is 0.280. The summed E-state index contributed by atoms with van der Waals surface area (Å²) >= 11 is 0. The Kier molecular flexibility index (Phi) is 13.3. The van der Waals surface area contributed by atoms with Gasteiger partial charge in [-0.05, 0) is 32.1 Å². The lowest BCUT2D eigenvalue weighted by Crippen LogP contribution is -2.47. The monoisotopic (exact) mass is 427 g/mol. The van der Waals surface area contributed by atoms with Gasteiger partial charge in [0.1, 0.15) is 0 Å². The van der Waals surface area contributed by atoms with E-state index in [0.29, 0.717) is 12.0 Å². The summed E-state index contributed by atoms with van der Waals surface area (Å²) in [7, 11) is 1.73. The highest BCUT2D eigenvalue weighted by Crippen LogP contribution is 2.14. The summed E-state index contributed by atoms with van der Waals surface area (Å²) < 4.78 is 10.9. The standard InChI is InChI=1S/C16H33N3O2.HI/c1-5-17-16(18-13-14(2)3)19-9-7-15(8-10-19)21-12-6-11-20-4;/h14-15H,5-13H2,1-4H3,(H,17,18);1H. The summed E-state index contributed by atoms with van der Waals surface area (Å²) in [6.45, 7) is 12.0. The average Bonchev–Trinajstić information content (AvgIpc) is 2.48. The Balaban J connectivity index is 0.00000441. The van der Waals surface area contributed by atoms with Crippen LogP contribution in [0.1, 0.15) is 40.0 Å². The number of likely N-dealkylation sites (tertiary alicyclic amines) is 1. The van der Waals surface area contributed by atoms with Crippen LogP contribution < -0.4 is 5.32 Å². The summed E-state index contributed by atoms with van der Waals surface area (Å²) in [5, 5.41) is 3.40. The van der Waals surface area contributed by atoms with Crippen molar-refractivity contribution in [1.29, 1.82) is 0 Å². The molecule has 0 aliphatic carbocycles. The van der Waals surface area contributed by atoms with E-state index in [1.54, 1.807) is 7.11 Å². The predicted molar refractivity (Wildman–Crippen MR) is 103 cm³/mol. The molecule has 0 aromatic rings. The molecule has 6 heteroatoms. The van der Waals surface area contributed by atoms with Crippen LogP contribution in [0.4, 0.5) is 0 Å². The van der Waals surface area contributed by atoms with Gasteiger partial charge in [-0.3, -0.25) is 4.99 Å². The molecule has 1 saturated heterocycles. The van der Waals surface area contributed by atoms with Crippen LogP contribution in [0.3, 0.4) is 0 Å². The van der Waals surface area contributed by atoms with Crippen LogP contribution in [-0.4, -0.2) is 63.5 Å². The SMILES string of the molecule is CCNC(=NCC(C)C)N1CCC(OCCCOC)CC1.I. The Labute approximate surface area is 153 Å². The number of methoxy groups -OCH3 is 1. The van der Waals surface area contributed by atoms with Crippen molar-refractivity contribution >= 4 is 29.9 Å². The van der Waals surface area contributed by atoms with Gasteiger partial charge in [0, 0.05) is 46.5 Å². The van der Waals surface area contributed by atoms with Crippen molar-refractivity contribution in [2.24, 2.45) is 10.9 Å². The van der Waals surface area contributed by atoms with Crippen molar-refractivity contribution in [3.05, 3.63) is 0 Å². The maximum absolute atomic E-state index is 5.90. The summed E-state index contributed by atoms with van der Waals surface area (Å²) in [6.07, 6.45) is 3.54. The molecular formula is C16H34IN3O2. The van der Waals surface area contributed by atoms with E-state index in [0.717, 1.165) is 64.6 Å². The first-order valence-electron chi connectivity index (χ1n) is 8.31. The van der Waals surface area contributed by atoms with Crippen LogP contribution in [0.25, 0.3) is 0 Å². The van der Waals surface area contributed by atoms with Gasteiger partial charge >= 0.3 is 0 Å². The van der Waals surface area contributed by atoms with Crippen molar-refractivity contribution < 1.29 is 9.47 Å². The van der Waals surface area contributed by atoms with E-state index in [-0.39, 0.29) is 24.0 Å². The lowest BCUT2D eigenvalue weighted by atomic mass is 10.1. The third-order valence-corrected chi connectivity index (χ3v) is 3.53. The summed E-state index contributed by atoms with van der Waals surface area (Å²) in [4.78, 5) is 7.08. The molecule has 1 heterocycles. The highest BCUT2D eigenvalue weighted by atomic mass is 127. The zero-order valence-electron chi connectivity index (χ0n) is 14.6. The fourth-order valence-electron chi connectivity index (χ4n) is 2.38. The molecule has 0 amide bonds. The molecule has 0 atom stereocenters. The summed E-state index contributed by atoms with van der Waals surface area (Å²) in [5.41, 5.74) is 0. The third kappa shape index (κ3) is 9.15. The van der Waals surface area contributed by atoms with E-state index >= 15 is 0 Å². The number of aliphatic imine (C=N–C) groups is 1. The molecule has 0 radical (unpaired) electrons. The van der Waals surface area contributed by atoms with Gasteiger partial charge in [-0.1, -0.05) is 13.8 Å². The van der Waals surface area contributed by atoms with E-state index < -0.39 is 0 Å². The van der Waals surface area contributed by atoms with Gasteiger partial charge < -0.3 is 19.7 Å². The highest BCUT2D eigenvalue weighted by Gasteiger charge is 2.21. The third-order valence-electron chi connectivity index (χ3n) is 3.53. The lowest BCUT2D eigenvalue weighted by Gasteiger charge is -2.34. The molecule has 5 nitrogen and oxygen atoms in total. The minimum Gasteiger partial charge on any atom is -0.385 e. The van der Waals surface area contributed by atoms with Gasteiger partial charge in [0.15, 0.2) is 5.96 Å². The molecule has 1 aliphatic rings. The van der Waals surface area contributed by atoms with E-state index in [2.05, 4.69) is 31.0 Å². The molecule has 1 fully saturated rings. The van der Waals surface area contributed by atoms with Gasteiger partial charge in [-0.25, -0.2) is 0 Å². The van der Waals surface area contributed by atoms with E-state index in [1.165, 1.54) is 0 Å². The maximum Gasteiger partial charge on any atom is 0.193 e. The molecular weight excluding hydrogens is 393 g/mol. The number of halogens is 1. The molecule has 1 rings (SSSR count). The molecule has 0 bridgehead atoms. The molecule has 0 saturated carbocycles. The number of rotatable bonds is 8. The second-order valence-electron chi connectivity index (χ2n) is 5.99. The molecule has 0 spiro atoms. The summed E-state index contributed by atoms with van der Waals surface area (Å²) in [6, 6.07) is 0. The van der Waals surface area contributed by atoms with Crippen LogP contribution in [0.2, 0.25) is 0 Å². The largest absolute Gasteiger partial charge is 0.385 e. The Morgan fingerprint density at radius 3 is 2.50 bits per heavy atom. The number of guanidine groups is 1. The fraction of sp³-hybridized carbons (Fsp3) is 0.938. The van der Waals surface area contributed by atoms with Crippen molar-refractivity contribution in [2.75, 3.05) is 46.5 Å². The smallest absolute Gasteiger partial charge is 0.193 e. The van der Waals surface area contributed by atoms with Crippen molar-refractivity contribution in [2.45, 2.75) is 46.1 Å². The molecule has 22 heavy (non-hydrogen) atoms. The van der Waals surface area contributed by atoms with Crippen molar-refractivity contribution in [3.8, 4) is 0 Å². The number of hydrogen-bond acceptors (Lipinski definition) is 3. The molecule has 1 N–H and O–H groups in total. The van der Waals surface area contributed by atoms with Gasteiger partial charge in [-0.15, -0.1) is 24.0 Å². The van der Waals surface area contributed by atoms with Crippen molar-refractivity contribution in [3.63, 3.8) is 0 Å². The normalized spacial score (nSPS) is 16.8. The lowest BCUT2D eigenvalue weighted by molar-refractivity contribution is 0.00990. The van der Waals surface area contributed by atoms with Crippen LogP contribution >= 0.6 is 24.0 Å². The van der Waals surface area contributed by atoms with Crippen LogP contribution in [0, 0.1) is 5.92 Å². The molecule has 1 aliphatic heterocycles. The highest BCUT2D eigenvalue weighted by molar-refractivity contribution is 14.0. The second-order valence-corrected chi connectivity index (χ2v) is 5.99. The first-order valence-corrected chi connectivity index (χ1v) is 8.31. The number of ether oxygens (including phenoxy) is 2. The number of hydrogen-bond donors (Lipinski definition) is 1. The maximum atomic E-state index is 5.90. The Morgan fingerprint density at radius 2 is 1.95 bits per heavy atom. The second kappa shape index (κ2) is 13.4. The minimum absolute atomic E-state index is 0. The van der Waals surface area contributed by atoms with E-state index in [1.807, 2.05) is 0 Å². The predicted octanol–water partition coefficient (Wildman–Crippen LogP) is 2.74. The first-order chi connectivity index (χ1) is 10.2. The fourth-order valence-corrected chi connectivity index (χ4v) is 2.38.